The molecule has 0 unspecified atom stereocenters. The van der Waals surface area contributed by atoms with Crippen LogP contribution in [0.2, 0.25) is 10.0 Å². The van der Waals surface area contributed by atoms with E-state index in [4.69, 9.17) is 27.9 Å². The summed E-state index contributed by atoms with van der Waals surface area (Å²) in [6, 6.07) is 0. The van der Waals surface area contributed by atoms with Crippen LogP contribution in [-0.4, -0.2) is 27.1 Å². The molecule has 2 aromatic heterocycles. The molecular formula is C15H15Cl2N3OS2. The Hall–Kier alpha value is -0.690. The first-order chi connectivity index (χ1) is 11.2. The van der Waals surface area contributed by atoms with Gasteiger partial charge in [-0.1, -0.05) is 35.0 Å². The van der Waals surface area contributed by atoms with Crippen LogP contribution >= 0.6 is 46.7 Å². The molecule has 2 aromatic rings. The molecule has 0 amide bonds. The van der Waals surface area contributed by atoms with Crippen molar-refractivity contribution in [1.82, 2.24) is 15.0 Å². The fourth-order valence-electron chi connectivity index (χ4n) is 2.39. The number of hydrogen-bond donors (Lipinski definition) is 0. The number of aryl methyl sites for hydroxylation is 1. The molecule has 4 nitrogen and oxygen atoms in total. The number of nitrogens with zero attached hydrogens (tertiary/aromatic N) is 3. The Bertz CT molecular complexity index is 695. The highest BCUT2D eigenvalue weighted by atomic mass is 35.5. The van der Waals surface area contributed by atoms with Crippen LogP contribution < -0.4 is 4.74 Å². The molecule has 3 rings (SSSR count). The van der Waals surface area contributed by atoms with Crippen molar-refractivity contribution in [3.8, 4) is 5.88 Å². The lowest BCUT2D eigenvalue weighted by molar-refractivity contribution is 0.368. The zero-order valence-corrected chi connectivity index (χ0v) is 15.7. The molecular weight excluding hydrogens is 373 g/mol. The predicted octanol–water partition coefficient (Wildman–Crippen LogP) is 4.66. The standard InChI is InChI=1S/C15H15Cl2N3OS2/c1-22-8-21-14-9-3-2-4-13(9)19-15(20-14)23-7-10-11(16)5-18-6-12(10)17/h5-6H,2-4,7-8H2,1H3. The van der Waals surface area contributed by atoms with Crippen LogP contribution in [0.5, 0.6) is 5.88 Å². The van der Waals surface area contributed by atoms with Crippen LogP contribution in [0, 0.1) is 0 Å². The van der Waals surface area contributed by atoms with Gasteiger partial charge in [0.25, 0.3) is 0 Å². The lowest BCUT2D eigenvalue weighted by Gasteiger charge is -2.11. The quantitative estimate of drug-likeness (QED) is 0.408. The van der Waals surface area contributed by atoms with E-state index < -0.39 is 0 Å². The summed E-state index contributed by atoms with van der Waals surface area (Å²) in [5.41, 5.74) is 3.11. The summed E-state index contributed by atoms with van der Waals surface area (Å²) in [5, 5.41) is 1.82. The van der Waals surface area contributed by atoms with Crippen molar-refractivity contribution >= 4 is 46.7 Å². The van der Waals surface area contributed by atoms with E-state index in [-0.39, 0.29) is 0 Å². The third kappa shape index (κ3) is 4.05. The van der Waals surface area contributed by atoms with Gasteiger partial charge >= 0.3 is 0 Å². The molecule has 23 heavy (non-hydrogen) atoms. The maximum absolute atomic E-state index is 6.16. The summed E-state index contributed by atoms with van der Waals surface area (Å²) in [6.07, 6.45) is 8.28. The lowest BCUT2D eigenvalue weighted by Crippen LogP contribution is -2.03. The van der Waals surface area contributed by atoms with Crippen molar-refractivity contribution in [2.45, 2.75) is 30.2 Å². The minimum Gasteiger partial charge on any atom is -0.466 e. The number of pyridine rings is 1. The van der Waals surface area contributed by atoms with Gasteiger partial charge in [0.05, 0.1) is 15.7 Å². The van der Waals surface area contributed by atoms with E-state index in [1.54, 1.807) is 24.2 Å². The molecule has 0 aromatic carbocycles. The number of thioether (sulfide) groups is 2. The summed E-state index contributed by atoms with van der Waals surface area (Å²) >= 11 is 15.5. The molecule has 0 atom stereocenters. The zero-order valence-electron chi connectivity index (χ0n) is 12.5. The van der Waals surface area contributed by atoms with Crippen molar-refractivity contribution in [3.63, 3.8) is 0 Å². The van der Waals surface area contributed by atoms with Gasteiger partial charge in [-0.2, -0.15) is 4.98 Å². The Labute approximate surface area is 153 Å². The van der Waals surface area contributed by atoms with Crippen LogP contribution in [0.15, 0.2) is 17.6 Å². The van der Waals surface area contributed by atoms with Crippen LogP contribution in [0.25, 0.3) is 0 Å². The molecule has 0 fully saturated rings. The highest BCUT2D eigenvalue weighted by Crippen LogP contribution is 2.33. The highest BCUT2D eigenvalue weighted by molar-refractivity contribution is 7.98. The first kappa shape index (κ1) is 17.1. The summed E-state index contributed by atoms with van der Waals surface area (Å²) < 4.78 is 5.77. The summed E-state index contributed by atoms with van der Waals surface area (Å²) in [6.45, 7) is 0. The fraction of sp³-hybridized carbons (Fsp3) is 0.400. The monoisotopic (exact) mass is 387 g/mol. The third-order valence-electron chi connectivity index (χ3n) is 3.49. The lowest BCUT2D eigenvalue weighted by atomic mass is 10.2. The predicted molar refractivity (Wildman–Crippen MR) is 96.9 cm³/mol. The molecule has 2 heterocycles. The number of aromatic nitrogens is 3. The van der Waals surface area contributed by atoms with Crippen LogP contribution in [0.1, 0.15) is 23.2 Å². The topological polar surface area (TPSA) is 47.9 Å². The maximum Gasteiger partial charge on any atom is 0.221 e. The first-order valence-corrected chi connectivity index (χ1v) is 10.2. The SMILES string of the molecule is CSCOc1nc(SCc2c(Cl)cncc2Cl)nc2c1CCC2. The smallest absolute Gasteiger partial charge is 0.221 e. The van der Waals surface area contributed by atoms with Gasteiger partial charge in [0, 0.05) is 29.3 Å². The van der Waals surface area contributed by atoms with Crippen LogP contribution in [-0.2, 0) is 18.6 Å². The summed E-state index contributed by atoms with van der Waals surface area (Å²) in [5.74, 6) is 1.91. The van der Waals surface area contributed by atoms with E-state index in [9.17, 15) is 0 Å². The van der Waals surface area contributed by atoms with Crippen molar-refractivity contribution < 1.29 is 4.74 Å². The van der Waals surface area contributed by atoms with E-state index >= 15 is 0 Å². The van der Waals surface area contributed by atoms with Crippen LogP contribution in [0.3, 0.4) is 0 Å². The minimum atomic E-state index is 0.560. The average Bonchev–Trinajstić information content (AvgIpc) is 3.00. The Balaban J connectivity index is 1.80. The van der Waals surface area contributed by atoms with Crippen molar-refractivity contribution in [3.05, 3.63) is 39.3 Å². The van der Waals surface area contributed by atoms with Crippen molar-refractivity contribution in [2.24, 2.45) is 0 Å². The Morgan fingerprint density at radius 2 is 1.96 bits per heavy atom. The van der Waals surface area contributed by atoms with Crippen molar-refractivity contribution in [2.75, 3.05) is 12.2 Å². The number of fused-ring (bicyclic) bond motifs is 1. The second-order valence-corrected chi connectivity index (χ2v) is 7.58. The Morgan fingerprint density at radius 1 is 1.17 bits per heavy atom. The fourth-order valence-corrected chi connectivity index (χ4v) is 4.18. The molecule has 8 heteroatoms. The number of rotatable bonds is 6. The summed E-state index contributed by atoms with van der Waals surface area (Å²) in [4.78, 5) is 13.2. The van der Waals surface area contributed by atoms with Gasteiger partial charge in [0.2, 0.25) is 5.88 Å². The second kappa shape index (κ2) is 7.92. The summed E-state index contributed by atoms with van der Waals surface area (Å²) in [7, 11) is 0. The van der Waals surface area contributed by atoms with E-state index in [0.717, 1.165) is 42.0 Å². The van der Waals surface area contributed by atoms with Crippen LogP contribution in [0.4, 0.5) is 0 Å². The Morgan fingerprint density at radius 3 is 2.70 bits per heavy atom. The Kier molecular flexibility index (Phi) is 5.91. The molecule has 0 spiro atoms. The molecule has 1 aliphatic carbocycles. The van der Waals surface area contributed by atoms with E-state index in [0.29, 0.717) is 26.9 Å². The molecule has 1 aliphatic rings. The number of halogens is 2. The van der Waals surface area contributed by atoms with Gasteiger partial charge in [0.15, 0.2) is 5.16 Å². The third-order valence-corrected chi connectivity index (χ3v) is 5.36. The maximum atomic E-state index is 6.16. The van der Waals surface area contributed by atoms with Gasteiger partial charge in [-0.05, 0) is 25.5 Å². The zero-order chi connectivity index (χ0) is 16.2. The molecule has 0 saturated carbocycles. The second-order valence-electron chi connectivity index (χ2n) is 5.01. The molecule has 0 N–H and O–H groups in total. The van der Waals surface area contributed by atoms with Gasteiger partial charge in [0.1, 0.15) is 5.94 Å². The van der Waals surface area contributed by atoms with Gasteiger partial charge < -0.3 is 4.74 Å². The van der Waals surface area contributed by atoms with E-state index in [1.165, 1.54) is 11.8 Å². The average molecular weight is 388 g/mol. The van der Waals surface area contributed by atoms with Gasteiger partial charge in [-0.3, -0.25) is 4.98 Å². The first-order valence-electron chi connectivity index (χ1n) is 7.11. The number of ether oxygens (including phenoxy) is 1. The largest absolute Gasteiger partial charge is 0.466 e. The van der Waals surface area contributed by atoms with Crippen molar-refractivity contribution in [1.29, 1.82) is 0 Å². The van der Waals surface area contributed by atoms with Gasteiger partial charge in [-0.15, -0.1) is 11.8 Å². The van der Waals surface area contributed by atoms with Gasteiger partial charge in [-0.25, -0.2) is 4.98 Å². The molecule has 0 radical (unpaired) electrons. The minimum absolute atomic E-state index is 0.560. The highest BCUT2D eigenvalue weighted by Gasteiger charge is 2.21. The molecule has 0 saturated heterocycles. The molecule has 122 valence electrons. The molecule has 0 aliphatic heterocycles. The number of hydrogen-bond acceptors (Lipinski definition) is 6. The normalized spacial score (nSPS) is 13.2. The van der Waals surface area contributed by atoms with E-state index in [2.05, 4.69) is 15.0 Å². The molecule has 0 bridgehead atoms. The van der Waals surface area contributed by atoms with E-state index in [1.807, 2.05) is 6.26 Å².